The Labute approximate surface area is 136 Å². The average Bonchev–Trinajstić information content (AvgIpc) is 3.05. The van der Waals surface area contributed by atoms with Crippen LogP contribution in [0.2, 0.25) is 0 Å². The van der Waals surface area contributed by atoms with Gasteiger partial charge in [0.2, 0.25) is 0 Å². The van der Waals surface area contributed by atoms with E-state index in [9.17, 15) is 0 Å². The number of anilines is 1. The Morgan fingerprint density at radius 3 is 2.78 bits per heavy atom. The molecule has 4 rings (SSSR count). The first kappa shape index (κ1) is 14.9. The molecule has 2 aromatic heterocycles. The van der Waals surface area contributed by atoms with Crippen molar-refractivity contribution in [3.05, 3.63) is 18.5 Å². The molecule has 0 N–H and O–H groups in total. The summed E-state index contributed by atoms with van der Waals surface area (Å²) < 4.78 is 13.4. The summed E-state index contributed by atoms with van der Waals surface area (Å²) >= 11 is 0. The molecule has 6 nitrogen and oxygen atoms in total. The highest BCUT2D eigenvalue weighted by Gasteiger charge is 2.22. The van der Waals surface area contributed by atoms with E-state index in [0.29, 0.717) is 6.04 Å². The largest absolute Gasteiger partial charge is 0.381 e. The number of aromatic nitrogens is 3. The van der Waals surface area contributed by atoms with Crippen molar-refractivity contribution in [3.8, 4) is 0 Å². The maximum absolute atomic E-state index is 5.90. The van der Waals surface area contributed by atoms with Crippen LogP contribution in [0.25, 0.3) is 10.9 Å². The van der Waals surface area contributed by atoms with Crippen LogP contribution < -0.4 is 4.90 Å². The van der Waals surface area contributed by atoms with Gasteiger partial charge in [-0.1, -0.05) is 0 Å². The molecule has 1 atom stereocenters. The highest BCUT2D eigenvalue weighted by atomic mass is 16.5. The highest BCUT2D eigenvalue weighted by molar-refractivity contribution is 5.80. The molecule has 2 aliphatic heterocycles. The molecule has 0 bridgehead atoms. The van der Waals surface area contributed by atoms with E-state index >= 15 is 0 Å². The van der Waals surface area contributed by atoms with Crippen molar-refractivity contribution in [2.24, 2.45) is 0 Å². The predicted octanol–water partition coefficient (Wildman–Crippen LogP) is 2.75. The van der Waals surface area contributed by atoms with Gasteiger partial charge in [0.15, 0.2) is 6.23 Å². The fourth-order valence-corrected chi connectivity index (χ4v) is 3.53. The predicted molar refractivity (Wildman–Crippen MR) is 88.6 cm³/mol. The van der Waals surface area contributed by atoms with Crippen LogP contribution in [0.1, 0.15) is 38.3 Å². The van der Waals surface area contributed by atoms with Crippen LogP contribution >= 0.6 is 0 Å². The van der Waals surface area contributed by atoms with Crippen molar-refractivity contribution in [2.75, 3.05) is 31.8 Å². The first-order chi connectivity index (χ1) is 11.3. The van der Waals surface area contributed by atoms with Crippen LogP contribution in [-0.2, 0) is 9.47 Å². The van der Waals surface area contributed by atoms with Gasteiger partial charge in [0.1, 0.15) is 5.82 Å². The standard InChI is InChI=1S/C17H24N4O2/c1-20(14-5-8-22-9-6-14)16-10-15-13(11-18-16)12-19-21(15)17-4-2-3-7-23-17/h10-12,14,17H,2-9H2,1H3. The van der Waals surface area contributed by atoms with Gasteiger partial charge in [-0.15, -0.1) is 0 Å². The zero-order valence-corrected chi connectivity index (χ0v) is 13.6. The van der Waals surface area contributed by atoms with Crippen molar-refractivity contribution in [1.82, 2.24) is 14.8 Å². The first-order valence-corrected chi connectivity index (χ1v) is 8.58. The zero-order valence-electron chi connectivity index (χ0n) is 13.6. The second kappa shape index (κ2) is 6.45. The topological polar surface area (TPSA) is 52.4 Å². The lowest BCUT2D eigenvalue weighted by atomic mass is 10.1. The summed E-state index contributed by atoms with van der Waals surface area (Å²) in [6, 6.07) is 2.64. The molecule has 0 radical (unpaired) electrons. The summed E-state index contributed by atoms with van der Waals surface area (Å²) in [5.41, 5.74) is 1.11. The number of hydrogen-bond acceptors (Lipinski definition) is 5. The Kier molecular flexibility index (Phi) is 4.18. The Morgan fingerprint density at radius 1 is 1.13 bits per heavy atom. The SMILES string of the molecule is CN(c1cc2c(cn1)cnn2C1CCCCO1)C1CCOCC1. The fraction of sp³-hybridized carbons (Fsp3) is 0.647. The smallest absolute Gasteiger partial charge is 0.150 e. The Morgan fingerprint density at radius 2 is 2.00 bits per heavy atom. The van der Waals surface area contributed by atoms with E-state index in [4.69, 9.17) is 9.47 Å². The van der Waals surface area contributed by atoms with E-state index in [2.05, 4.69) is 28.1 Å². The minimum Gasteiger partial charge on any atom is -0.381 e. The normalized spacial score (nSPS) is 23.3. The van der Waals surface area contributed by atoms with E-state index in [1.165, 1.54) is 6.42 Å². The van der Waals surface area contributed by atoms with Gasteiger partial charge in [-0.2, -0.15) is 5.10 Å². The molecule has 0 aliphatic carbocycles. The van der Waals surface area contributed by atoms with E-state index in [0.717, 1.165) is 62.2 Å². The summed E-state index contributed by atoms with van der Waals surface area (Å²) in [7, 11) is 2.13. The molecule has 0 amide bonds. The average molecular weight is 316 g/mol. The van der Waals surface area contributed by atoms with E-state index in [1.54, 1.807) is 0 Å². The zero-order chi connectivity index (χ0) is 15.6. The van der Waals surface area contributed by atoms with Gasteiger partial charge in [-0.05, 0) is 32.1 Å². The lowest BCUT2D eigenvalue weighted by molar-refractivity contribution is -0.0366. The summed E-state index contributed by atoms with van der Waals surface area (Å²) in [4.78, 5) is 6.91. The van der Waals surface area contributed by atoms with Crippen molar-refractivity contribution in [3.63, 3.8) is 0 Å². The van der Waals surface area contributed by atoms with Crippen LogP contribution in [0.15, 0.2) is 18.5 Å². The number of ether oxygens (including phenoxy) is 2. The molecule has 4 heterocycles. The third-order valence-corrected chi connectivity index (χ3v) is 4.99. The maximum Gasteiger partial charge on any atom is 0.150 e. The lowest BCUT2D eigenvalue weighted by Gasteiger charge is -2.32. The van der Waals surface area contributed by atoms with Gasteiger partial charge >= 0.3 is 0 Å². The molecule has 1 unspecified atom stereocenters. The van der Waals surface area contributed by atoms with Gasteiger partial charge in [-0.25, -0.2) is 9.67 Å². The van der Waals surface area contributed by atoms with Gasteiger partial charge < -0.3 is 14.4 Å². The number of nitrogens with zero attached hydrogens (tertiary/aromatic N) is 4. The third kappa shape index (κ3) is 2.93. The van der Waals surface area contributed by atoms with E-state index in [1.807, 2.05) is 17.1 Å². The number of rotatable bonds is 3. The number of fused-ring (bicyclic) bond motifs is 1. The van der Waals surface area contributed by atoms with Gasteiger partial charge in [0, 0.05) is 50.6 Å². The minimum absolute atomic E-state index is 0.0601. The van der Waals surface area contributed by atoms with Crippen LogP contribution in [0.3, 0.4) is 0 Å². The molecule has 124 valence electrons. The Balaban J connectivity index is 1.63. The fourth-order valence-electron chi connectivity index (χ4n) is 3.53. The second-order valence-electron chi connectivity index (χ2n) is 6.47. The number of pyridine rings is 1. The molecule has 0 spiro atoms. The van der Waals surface area contributed by atoms with E-state index < -0.39 is 0 Å². The molecule has 0 aromatic carbocycles. The monoisotopic (exact) mass is 316 g/mol. The van der Waals surface area contributed by atoms with Crippen molar-refractivity contribution in [1.29, 1.82) is 0 Å². The van der Waals surface area contributed by atoms with Gasteiger partial charge in [0.05, 0.1) is 11.7 Å². The Hall–Kier alpha value is -1.66. The van der Waals surface area contributed by atoms with Crippen LogP contribution in [0.5, 0.6) is 0 Å². The molecule has 6 heteroatoms. The lowest BCUT2D eigenvalue weighted by Crippen LogP contribution is -2.37. The summed E-state index contributed by atoms with van der Waals surface area (Å²) in [5.74, 6) is 1.00. The van der Waals surface area contributed by atoms with Crippen LogP contribution in [0, 0.1) is 0 Å². The minimum atomic E-state index is 0.0601. The molecule has 23 heavy (non-hydrogen) atoms. The van der Waals surface area contributed by atoms with Crippen molar-refractivity contribution in [2.45, 2.75) is 44.4 Å². The molecule has 2 aromatic rings. The van der Waals surface area contributed by atoms with Crippen molar-refractivity contribution >= 4 is 16.7 Å². The molecule has 2 aliphatic rings. The third-order valence-electron chi connectivity index (χ3n) is 4.99. The molecule has 2 fully saturated rings. The molecule has 2 saturated heterocycles. The van der Waals surface area contributed by atoms with E-state index in [-0.39, 0.29) is 6.23 Å². The number of hydrogen-bond donors (Lipinski definition) is 0. The second-order valence-corrected chi connectivity index (χ2v) is 6.47. The summed E-state index contributed by atoms with van der Waals surface area (Å²) in [6.45, 7) is 2.50. The molecule has 0 saturated carbocycles. The van der Waals surface area contributed by atoms with Crippen LogP contribution in [-0.4, -0.2) is 47.7 Å². The first-order valence-electron chi connectivity index (χ1n) is 8.58. The summed E-state index contributed by atoms with van der Waals surface area (Å²) in [5, 5.41) is 5.62. The Bertz CT molecular complexity index is 660. The molecular weight excluding hydrogens is 292 g/mol. The van der Waals surface area contributed by atoms with Gasteiger partial charge in [-0.3, -0.25) is 0 Å². The van der Waals surface area contributed by atoms with Crippen LogP contribution in [0.4, 0.5) is 5.82 Å². The highest BCUT2D eigenvalue weighted by Crippen LogP contribution is 2.28. The summed E-state index contributed by atoms with van der Waals surface area (Å²) in [6.07, 6.45) is 9.36. The van der Waals surface area contributed by atoms with Crippen molar-refractivity contribution < 1.29 is 9.47 Å². The maximum atomic E-state index is 5.90. The quantitative estimate of drug-likeness (QED) is 0.871. The molecular formula is C17H24N4O2. The van der Waals surface area contributed by atoms with Gasteiger partial charge in [0.25, 0.3) is 0 Å².